The smallest absolute Gasteiger partial charge is 0.308 e. The van der Waals surface area contributed by atoms with Gasteiger partial charge in [0, 0.05) is 0 Å². The van der Waals surface area contributed by atoms with Crippen LogP contribution in [0.3, 0.4) is 0 Å². The van der Waals surface area contributed by atoms with Crippen LogP contribution in [-0.2, 0) is 0 Å². The van der Waals surface area contributed by atoms with Crippen LogP contribution >= 0.6 is 0 Å². The molecule has 0 aliphatic heterocycles. The molecular formula is C4H9N6+. The van der Waals surface area contributed by atoms with Crippen molar-refractivity contribution in [2.75, 3.05) is 7.05 Å². The van der Waals surface area contributed by atoms with E-state index in [2.05, 4.69) is 39.4 Å². The zero-order valence-corrected chi connectivity index (χ0v) is 5.73. The van der Waals surface area contributed by atoms with E-state index in [1.54, 1.807) is 7.05 Å². The lowest BCUT2D eigenvalue weighted by Crippen LogP contribution is -2.16. The first-order valence-electron chi connectivity index (χ1n) is 2.44. The zero-order valence-electron chi connectivity index (χ0n) is 5.73. The molecule has 0 aliphatic carbocycles. The average Bonchev–Trinajstić information content (AvgIpc) is 1.98. The minimum absolute atomic E-state index is 1.15. The van der Waals surface area contributed by atoms with Crippen molar-refractivity contribution in [3.8, 4) is 0 Å². The van der Waals surface area contributed by atoms with E-state index in [4.69, 9.17) is 0 Å². The highest BCUT2D eigenvalue weighted by atomic mass is 15.8. The first kappa shape index (κ1) is 8.32. The first-order chi connectivity index (χ1) is 4.81. The Bertz CT molecular complexity index is 176. The van der Waals surface area contributed by atoms with Crippen molar-refractivity contribution in [3.05, 3.63) is 5.43 Å². The Hall–Kier alpha value is -1.68. The van der Waals surface area contributed by atoms with Crippen LogP contribution in [0.4, 0.5) is 0 Å². The molecule has 0 bridgehead atoms. The van der Waals surface area contributed by atoms with E-state index in [0.29, 0.717) is 0 Å². The fourth-order valence-electron chi connectivity index (χ4n) is 0.184. The lowest BCUT2D eigenvalue weighted by molar-refractivity contribution is -0.534. The van der Waals surface area contributed by atoms with Crippen molar-refractivity contribution >= 4 is 19.8 Å². The van der Waals surface area contributed by atoms with Crippen molar-refractivity contribution in [2.45, 2.75) is 0 Å². The highest BCUT2D eigenvalue weighted by Crippen LogP contribution is 1.72. The molecule has 0 aromatic carbocycles. The molecule has 0 rings (SSSR count). The molecule has 0 fully saturated rings. The number of rotatable bonds is 4. The normalized spacial score (nSPS) is 8.50. The van der Waals surface area contributed by atoms with Crippen LogP contribution in [0.15, 0.2) is 10.3 Å². The van der Waals surface area contributed by atoms with Crippen LogP contribution < -0.4 is 10.2 Å². The summed E-state index contributed by atoms with van der Waals surface area (Å²) >= 11 is 0. The van der Waals surface area contributed by atoms with E-state index in [1.165, 1.54) is 6.34 Å². The second kappa shape index (κ2) is 5.46. The largest absolute Gasteiger partial charge is 0.429 e. The van der Waals surface area contributed by atoms with E-state index in [0.717, 1.165) is 4.79 Å². The van der Waals surface area contributed by atoms with Crippen LogP contribution in [0.25, 0.3) is 5.43 Å². The number of hydrogen-bond acceptors (Lipinski definition) is 1. The van der Waals surface area contributed by atoms with Gasteiger partial charge in [-0.15, -0.1) is 5.53 Å². The summed E-state index contributed by atoms with van der Waals surface area (Å²) in [6.07, 6.45) is 1.19. The molecular weight excluding hydrogens is 132 g/mol. The fourth-order valence-corrected chi connectivity index (χ4v) is 0.184. The maximum atomic E-state index is 3.58. The molecule has 0 unspecified atom stereocenters. The molecule has 0 aromatic rings. The number of hydrazine groups is 1. The fraction of sp³-hybridized carbons (Fsp3) is 0.250. The summed E-state index contributed by atoms with van der Waals surface area (Å²) in [6, 6.07) is 0. The predicted molar refractivity (Wildman–Crippen MR) is 40.0 cm³/mol. The van der Waals surface area contributed by atoms with Crippen LogP contribution in [0.1, 0.15) is 0 Å². The Morgan fingerprint density at radius 2 is 2.50 bits per heavy atom. The molecule has 0 amide bonds. The third-order valence-corrected chi connectivity index (χ3v) is 0.593. The molecule has 0 aromatic heterocycles. The van der Waals surface area contributed by atoms with Crippen LogP contribution in [0.2, 0.25) is 0 Å². The van der Waals surface area contributed by atoms with Gasteiger partial charge in [0.1, 0.15) is 0 Å². The van der Waals surface area contributed by atoms with E-state index < -0.39 is 0 Å². The van der Waals surface area contributed by atoms with Gasteiger partial charge in [0.2, 0.25) is 5.11 Å². The topological polar surface area (TPSA) is 68.0 Å². The standard InChI is InChI=1S/C4H8N6/c1-5-4-7-8-9-10(3)6-2/h4H,1,3H2,2H3/p+1. The molecule has 0 heterocycles. The molecule has 0 aliphatic rings. The minimum atomic E-state index is 1.15. The molecule has 6 heteroatoms. The Labute approximate surface area is 58.6 Å². The zero-order chi connectivity index (χ0) is 7.82. The second-order valence-electron chi connectivity index (χ2n) is 1.21. The van der Waals surface area contributed by atoms with Crippen molar-refractivity contribution in [3.63, 3.8) is 0 Å². The van der Waals surface area contributed by atoms with Gasteiger partial charge < -0.3 is 5.43 Å². The number of nitrogens with zero attached hydrogens (tertiary/aromatic N) is 5. The van der Waals surface area contributed by atoms with Crippen LogP contribution in [0, 0.1) is 0 Å². The van der Waals surface area contributed by atoms with Crippen molar-refractivity contribution in [1.82, 2.24) is 10.2 Å². The minimum Gasteiger partial charge on any atom is -0.308 e. The number of nitrogens with one attached hydrogen (secondary N) is 1. The van der Waals surface area contributed by atoms with Crippen LogP contribution in [-0.4, -0.2) is 31.6 Å². The molecule has 0 atom stereocenters. The SMILES string of the molecule is C=[N+]=CN=NN[N+](=C)[N-]C. The first-order valence-corrected chi connectivity index (χ1v) is 2.44. The lowest BCUT2D eigenvalue weighted by atomic mass is 11.3. The summed E-state index contributed by atoms with van der Waals surface area (Å²) in [5.41, 5.74) is 5.95. The van der Waals surface area contributed by atoms with E-state index in [1.807, 2.05) is 0 Å². The van der Waals surface area contributed by atoms with E-state index in [9.17, 15) is 0 Å². The third-order valence-electron chi connectivity index (χ3n) is 0.593. The summed E-state index contributed by atoms with van der Waals surface area (Å²) < 4.78 is 3.31. The van der Waals surface area contributed by atoms with Crippen molar-refractivity contribution in [2.24, 2.45) is 10.3 Å². The summed E-state index contributed by atoms with van der Waals surface area (Å²) in [6.45, 7) is 6.55. The van der Waals surface area contributed by atoms with E-state index in [-0.39, 0.29) is 0 Å². The molecule has 0 radical (unpaired) electrons. The third kappa shape index (κ3) is 4.48. The highest BCUT2D eigenvalue weighted by molar-refractivity contribution is 5.55. The highest BCUT2D eigenvalue weighted by Gasteiger charge is 1.83. The van der Waals surface area contributed by atoms with Gasteiger partial charge in [0.15, 0.2) is 11.9 Å². The lowest BCUT2D eigenvalue weighted by Gasteiger charge is -2.01. The van der Waals surface area contributed by atoms with Crippen molar-refractivity contribution < 1.29 is 4.79 Å². The van der Waals surface area contributed by atoms with Crippen LogP contribution in [0.5, 0.6) is 0 Å². The van der Waals surface area contributed by atoms with Gasteiger partial charge in [-0.3, -0.25) is 0 Å². The summed E-state index contributed by atoms with van der Waals surface area (Å²) in [7, 11) is 1.56. The molecule has 6 nitrogen and oxygen atoms in total. The summed E-state index contributed by atoms with van der Waals surface area (Å²) in [5.74, 6) is 0. The number of hydrogen-bond donors (Lipinski definition) is 1. The molecule has 0 saturated heterocycles. The second-order valence-corrected chi connectivity index (χ2v) is 1.21. The Morgan fingerprint density at radius 1 is 1.80 bits per heavy atom. The molecule has 54 valence electrons. The van der Waals surface area contributed by atoms with Gasteiger partial charge in [-0.1, -0.05) is 0 Å². The molecule has 0 saturated carbocycles. The van der Waals surface area contributed by atoms with Gasteiger partial charge >= 0.3 is 6.34 Å². The monoisotopic (exact) mass is 141 g/mol. The number of hydrazone groups is 1. The maximum absolute atomic E-state index is 3.58. The van der Waals surface area contributed by atoms with Gasteiger partial charge in [-0.25, -0.2) is 9.46 Å². The molecule has 10 heavy (non-hydrogen) atoms. The molecule has 1 N–H and O–H groups in total. The summed E-state index contributed by atoms with van der Waals surface area (Å²) in [5, 5.41) is 6.78. The van der Waals surface area contributed by atoms with E-state index >= 15 is 0 Å². The maximum Gasteiger partial charge on any atom is 0.429 e. The van der Waals surface area contributed by atoms with Gasteiger partial charge in [0.05, 0.1) is 6.72 Å². The Morgan fingerprint density at radius 3 is 3.00 bits per heavy atom. The summed E-state index contributed by atoms with van der Waals surface area (Å²) in [4.78, 5) is 1.15. The molecule has 0 spiro atoms. The Kier molecular flexibility index (Phi) is 4.54. The quantitative estimate of drug-likeness (QED) is 0.138. The Balaban J connectivity index is 3.52. The predicted octanol–water partition coefficient (Wildman–Crippen LogP) is -0.714. The van der Waals surface area contributed by atoms with Crippen molar-refractivity contribution in [1.29, 1.82) is 0 Å². The van der Waals surface area contributed by atoms with Gasteiger partial charge in [-0.2, -0.15) is 0 Å². The average molecular weight is 141 g/mol. The van der Waals surface area contributed by atoms with Gasteiger partial charge in [0.25, 0.3) is 0 Å². The van der Waals surface area contributed by atoms with Gasteiger partial charge in [-0.05, 0) is 7.05 Å².